The molecule has 1 aromatic carbocycles. The molecule has 1 heterocycles. The minimum atomic E-state index is -0.810. The summed E-state index contributed by atoms with van der Waals surface area (Å²) in [6.45, 7) is 4.34. The van der Waals surface area contributed by atoms with E-state index in [1.807, 2.05) is 13.8 Å². The van der Waals surface area contributed by atoms with Crippen molar-refractivity contribution in [3.63, 3.8) is 0 Å². The molecular weight excluding hydrogens is 261 g/mol. The molecule has 1 aliphatic rings. The van der Waals surface area contributed by atoms with Gasteiger partial charge in [0.15, 0.2) is 12.5 Å². The van der Waals surface area contributed by atoms with Crippen LogP contribution >= 0.6 is 0 Å². The van der Waals surface area contributed by atoms with E-state index in [1.54, 1.807) is 12.1 Å². The lowest BCUT2D eigenvalue weighted by atomic mass is 10.0. The molecule has 0 aromatic heterocycles. The number of ether oxygens (including phenoxy) is 1. The second-order valence-electron chi connectivity index (χ2n) is 5.28. The second kappa shape index (κ2) is 6.13. The minimum Gasteiger partial charge on any atom is -0.349 e. The number of hydrogen-bond acceptors (Lipinski definition) is 3. The summed E-state index contributed by atoms with van der Waals surface area (Å²) in [5.74, 6) is -0.307. The summed E-state index contributed by atoms with van der Waals surface area (Å²) in [6, 6.07) is 5.69. The van der Waals surface area contributed by atoms with Gasteiger partial charge in [0.25, 0.3) is 0 Å². The van der Waals surface area contributed by atoms with Crippen LogP contribution < -0.4 is 0 Å². The summed E-state index contributed by atoms with van der Waals surface area (Å²) in [6.07, 6.45) is -0.0300. The normalized spacial score (nSPS) is 22.3. The molecule has 1 aliphatic heterocycles. The van der Waals surface area contributed by atoms with Gasteiger partial charge in [-0.2, -0.15) is 0 Å². The first-order valence-corrected chi connectivity index (χ1v) is 6.65. The molecule has 5 heteroatoms. The zero-order valence-corrected chi connectivity index (χ0v) is 11.6. The Morgan fingerprint density at radius 1 is 1.45 bits per heavy atom. The molecule has 4 nitrogen and oxygen atoms in total. The highest BCUT2D eigenvalue weighted by Gasteiger charge is 2.38. The summed E-state index contributed by atoms with van der Waals surface area (Å²) in [5, 5.41) is 0. The first kappa shape index (κ1) is 14.7. The average molecular weight is 279 g/mol. The standard InChI is InChI=1S/C15H18FNO3/c1-10(2)13-9-20-15(8-18)17(13)14(19)7-11-3-5-12(16)6-4-11/h3-6,8,10,13,15H,7,9H2,1-2H3. The molecule has 2 unspecified atom stereocenters. The van der Waals surface area contributed by atoms with Crippen LogP contribution in [0.2, 0.25) is 0 Å². The van der Waals surface area contributed by atoms with Crippen molar-refractivity contribution in [2.75, 3.05) is 6.61 Å². The van der Waals surface area contributed by atoms with E-state index >= 15 is 0 Å². The first-order valence-electron chi connectivity index (χ1n) is 6.65. The summed E-state index contributed by atoms with van der Waals surface area (Å²) >= 11 is 0. The maximum atomic E-state index is 12.8. The molecule has 0 bridgehead atoms. The quantitative estimate of drug-likeness (QED) is 0.789. The zero-order chi connectivity index (χ0) is 14.7. The minimum absolute atomic E-state index is 0.0989. The van der Waals surface area contributed by atoms with E-state index in [0.29, 0.717) is 12.9 Å². The van der Waals surface area contributed by atoms with Crippen molar-refractivity contribution in [1.82, 2.24) is 4.90 Å². The topological polar surface area (TPSA) is 46.6 Å². The van der Waals surface area contributed by atoms with Gasteiger partial charge in [-0.05, 0) is 23.6 Å². The van der Waals surface area contributed by atoms with Crippen LogP contribution in [0.1, 0.15) is 19.4 Å². The summed E-state index contributed by atoms with van der Waals surface area (Å²) in [4.78, 5) is 24.9. The molecule has 1 amide bonds. The number of hydrogen-bond donors (Lipinski definition) is 0. The number of benzene rings is 1. The van der Waals surface area contributed by atoms with Crippen LogP contribution in [0.15, 0.2) is 24.3 Å². The van der Waals surface area contributed by atoms with E-state index in [-0.39, 0.29) is 30.1 Å². The van der Waals surface area contributed by atoms with Crippen molar-refractivity contribution in [3.8, 4) is 0 Å². The Labute approximate surface area is 117 Å². The van der Waals surface area contributed by atoms with Crippen LogP contribution in [0.4, 0.5) is 4.39 Å². The smallest absolute Gasteiger partial charge is 0.229 e. The molecule has 0 aliphatic carbocycles. The van der Waals surface area contributed by atoms with Crippen molar-refractivity contribution in [2.45, 2.75) is 32.5 Å². The number of carbonyl (C=O) groups excluding carboxylic acids is 2. The summed E-state index contributed by atoms with van der Waals surface area (Å²) in [7, 11) is 0. The third-order valence-corrected chi connectivity index (χ3v) is 3.51. The molecule has 1 fully saturated rings. The fourth-order valence-electron chi connectivity index (χ4n) is 2.36. The summed E-state index contributed by atoms with van der Waals surface area (Å²) in [5.41, 5.74) is 0.718. The lowest BCUT2D eigenvalue weighted by molar-refractivity contribution is -0.142. The first-order chi connectivity index (χ1) is 9.52. The van der Waals surface area contributed by atoms with Crippen molar-refractivity contribution in [2.24, 2.45) is 5.92 Å². The molecular formula is C15H18FNO3. The number of aldehydes is 1. The van der Waals surface area contributed by atoms with Gasteiger partial charge in [0.05, 0.1) is 19.1 Å². The van der Waals surface area contributed by atoms with Gasteiger partial charge in [0, 0.05) is 0 Å². The molecule has 1 saturated heterocycles. The van der Waals surface area contributed by atoms with Crippen LogP contribution in [0, 0.1) is 11.7 Å². The largest absolute Gasteiger partial charge is 0.349 e. The Morgan fingerprint density at radius 2 is 2.10 bits per heavy atom. The van der Waals surface area contributed by atoms with E-state index in [1.165, 1.54) is 17.0 Å². The van der Waals surface area contributed by atoms with Crippen molar-refractivity contribution in [1.29, 1.82) is 0 Å². The lowest BCUT2D eigenvalue weighted by Crippen LogP contribution is -2.45. The van der Waals surface area contributed by atoms with E-state index in [4.69, 9.17) is 4.74 Å². The fourth-order valence-corrected chi connectivity index (χ4v) is 2.36. The Balaban J connectivity index is 2.12. The highest BCUT2D eigenvalue weighted by molar-refractivity contribution is 5.82. The predicted molar refractivity (Wildman–Crippen MR) is 71.4 cm³/mol. The molecule has 1 aromatic rings. The van der Waals surface area contributed by atoms with Gasteiger partial charge in [-0.15, -0.1) is 0 Å². The maximum absolute atomic E-state index is 12.8. The Bertz CT molecular complexity index is 486. The predicted octanol–water partition coefficient (Wildman–Crippen LogP) is 1.78. The number of nitrogens with zero attached hydrogens (tertiary/aromatic N) is 1. The average Bonchev–Trinajstić information content (AvgIpc) is 2.85. The van der Waals surface area contributed by atoms with E-state index in [2.05, 4.69) is 0 Å². The van der Waals surface area contributed by atoms with Crippen molar-refractivity contribution >= 4 is 12.2 Å². The van der Waals surface area contributed by atoms with Crippen LogP contribution in [0.25, 0.3) is 0 Å². The van der Waals surface area contributed by atoms with E-state index in [0.717, 1.165) is 5.56 Å². The lowest BCUT2D eigenvalue weighted by Gasteiger charge is -2.28. The molecule has 0 radical (unpaired) electrons. The molecule has 108 valence electrons. The van der Waals surface area contributed by atoms with Gasteiger partial charge in [0.2, 0.25) is 5.91 Å². The highest BCUT2D eigenvalue weighted by Crippen LogP contribution is 2.23. The van der Waals surface area contributed by atoms with Crippen LogP contribution in [-0.4, -0.2) is 36.0 Å². The number of carbonyl (C=O) groups is 2. The Kier molecular flexibility index (Phi) is 4.49. The molecule has 2 atom stereocenters. The number of amides is 1. The van der Waals surface area contributed by atoms with Gasteiger partial charge < -0.3 is 9.64 Å². The van der Waals surface area contributed by atoms with Gasteiger partial charge >= 0.3 is 0 Å². The second-order valence-corrected chi connectivity index (χ2v) is 5.28. The van der Waals surface area contributed by atoms with E-state index in [9.17, 15) is 14.0 Å². The van der Waals surface area contributed by atoms with Gasteiger partial charge in [0.1, 0.15) is 5.82 Å². The number of rotatable bonds is 4. The van der Waals surface area contributed by atoms with Gasteiger partial charge in [-0.1, -0.05) is 26.0 Å². The Hall–Kier alpha value is -1.75. The van der Waals surface area contributed by atoms with Gasteiger partial charge in [-0.25, -0.2) is 4.39 Å². The maximum Gasteiger partial charge on any atom is 0.229 e. The molecule has 0 saturated carbocycles. The SMILES string of the molecule is CC(C)C1COC(C=O)N1C(=O)Cc1ccc(F)cc1. The third-order valence-electron chi connectivity index (χ3n) is 3.51. The molecule has 0 spiro atoms. The summed E-state index contributed by atoms with van der Waals surface area (Å²) < 4.78 is 18.2. The number of halogens is 1. The highest BCUT2D eigenvalue weighted by atomic mass is 19.1. The Morgan fingerprint density at radius 3 is 2.65 bits per heavy atom. The van der Waals surface area contributed by atoms with Crippen LogP contribution in [0.5, 0.6) is 0 Å². The fraction of sp³-hybridized carbons (Fsp3) is 0.467. The van der Waals surface area contributed by atoms with Gasteiger partial charge in [-0.3, -0.25) is 9.59 Å². The molecule has 20 heavy (non-hydrogen) atoms. The zero-order valence-electron chi connectivity index (χ0n) is 11.6. The van der Waals surface area contributed by atoms with E-state index < -0.39 is 6.23 Å². The van der Waals surface area contributed by atoms with Crippen LogP contribution in [-0.2, 0) is 20.7 Å². The van der Waals surface area contributed by atoms with Crippen molar-refractivity contribution in [3.05, 3.63) is 35.6 Å². The van der Waals surface area contributed by atoms with Crippen molar-refractivity contribution < 1.29 is 18.7 Å². The van der Waals surface area contributed by atoms with Crippen LogP contribution in [0.3, 0.4) is 0 Å². The third kappa shape index (κ3) is 3.04. The molecule has 0 N–H and O–H groups in total. The monoisotopic (exact) mass is 279 g/mol. The molecule has 2 rings (SSSR count).